The number of nitrogens with one attached hydrogen (secondary N) is 2. The monoisotopic (exact) mass is 375 g/mol. The Hall–Kier alpha value is -3.00. The summed E-state index contributed by atoms with van der Waals surface area (Å²) in [6, 6.07) is 10.3. The fourth-order valence-electron chi connectivity index (χ4n) is 2.78. The molecule has 6 nitrogen and oxygen atoms in total. The summed E-state index contributed by atoms with van der Waals surface area (Å²) in [5.74, 6) is -3.21. The van der Waals surface area contributed by atoms with E-state index in [-0.39, 0.29) is 5.69 Å². The molecular weight excluding hydrogens is 356 g/mol. The Bertz CT molecular complexity index is 839. The second-order valence-corrected chi connectivity index (χ2v) is 6.02. The fraction of sp³-hybridized carbons (Fsp3) is 0.263. The zero-order valence-electron chi connectivity index (χ0n) is 14.5. The Balaban J connectivity index is 1.60. The minimum Gasteiger partial charge on any atom is -0.378 e. The zero-order chi connectivity index (χ0) is 19.2. The molecule has 0 radical (unpaired) electrons. The third kappa shape index (κ3) is 5.01. The van der Waals surface area contributed by atoms with Crippen LogP contribution in [0.1, 0.15) is 6.42 Å². The fourth-order valence-corrected chi connectivity index (χ4v) is 2.78. The Morgan fingerprint density at radius 2 is 1.67 bits per heavy atom. The van der Waals surface area contributed by atoms with E-state index in [0.717, 1.165) is 17.8 Å². The van der Waals surface area contributed by atoms with Crippen LogP contribution in [-0.2, 0) is 14.3 Å². The molecule has 142 valence electrons. The molecule has 3 rings (SSSR count). The van der Waals surface area contributed by atoms with Crippen LogP contribution in [0, 0.1) is 11.6 Å². The molecule has 0 saturated carbocycles. The van der Waals surface area contributed by atoms with Crippen molar-refractivity contribution in [3.05, 3.63) is 54.1 Å². The summed E-state index contributed by atoms with van der Waals surface area (Å²) in [7, 11) is 0. The van der Waals surface area contributed by atoms with Gasteiger partial charge < -0.3 is 20.3 Å². The summed E-state index contributed by atoms with van der Waals surface area (Å²) >= 11 is 0. The van der Waals surface area contributed by atoms with Crippen molar-refractivity contribution in [2.24, 2.45) is 0 Å². The molecule has 0 unspecified atom stereocenters. The highest BCUT2D eigenvalue weighted by atomic mass is 19.2. The van der Waals surface area contributed by atoms with Gasteiger partial charge >= 0.3 is 0 Å². The van der Waals surface area contributed by atoms with Crippen LogP contribution in [-0.4, -0.2) is 38.1 Å². The van der Waals surface area contributed by atoms with Crippen LogP contribution in [0.25, 0.3) is 0 Å². The summed E-state index contributed by atoms with van der Waals surface area (Å²) in [6.07, 6.45) is -0.448. The normalized spacial score (nSPS) is 13.9. The predicted molar refractivity (Wildman–Crippen MR) is 97.7 cm³/mol. The molecule has 0 bridgehead atoms. The van der Waals surface area contributed by atoms with Crippen molar-refractivity contribution in [2.75, 3.05) is 41.8 Å². The van der Waals surface area contributed by atoms with E-state index in [2.05, 4.69) is 15.5 Å². The van der Waals surface area contributed by atoms with Crippen LogP contribution in [0.15, 0.2) is 42.5 Å². The van der Waals surface area contributed by atoms with Crippen LogP contribution in [0.5, 0.6) is 0 Å². The number of benzene rings is 2. The lowest BCUT2D eigenvalue weighted by Crippen LogP contribution is -2.36. The lowest BCUT2D eigenvalue weighted by atomic mass is 10.2. The number of para-hydroxylation sites is 2. The number of amides is 2. The summed E-state index contributed by atoms with van der Waals surface area (Å²) < 4.78 is 31.4. The SMILES string of the molecule is O=C(CC(=O)Nc1ccccc1N1CCOCC1)Nc1ccc(F)c(F)c1. The van der Waals surface area contributed by atoms with Gasteiger partial charge in [-0.3, -0.25) is 9.59 Å². The molecule has 2 aromatic rings. The number of morpholine rings is 1. The van der Waals surface area contributed by atoms with Crippen molar-refractivity contribution in [3.63, 3.8) is 0 Å². The number of hydrogen-bond donors (Lipinski definition) is 2. The zero-order valence-corrected chi connectivity index (χ0v) is 14.5. The molecule has 2 aromatic carbocycles. The first-order valence-electron chi connectivity index (χ1n) is 8.49. The van der Waals surface area contributed by atoms with E-state index in [1.165, 1.54) is 6.07 Å². The standard InChI is InChI=1S/C19H19F2N3O3/c20-14-6-5-13(11-15(14)21)22-18(25)12-19(26)23-16-3-1-2-4-17(16)24-7-9-27-10-8-24/h1-6,11H,7-10,12H2,(H,22,25)(H,23,26). The molecule has 0 aliphatic carbocycles. The molecule has 1 fully saturated rings. The molecule has 0 aromatic heterocycles. The highest BCUT2D eigenvalue weighted by Gasteiger charge is 2.17. The molecule has 0 spiro atoms. The van der Waals surface area contributed by atoms with Crippen molar-refractivity contribution in [2.45, 2.75) is 6.42 Å². The number of carbonyl (C=O) groups is 2. The van der Waals surface area contributed by atoms with Crippen LogP contribution < -0.4 is 15.5 Å². The number of nitrogens with zero attached hydrogens (tertiary/aromatic N) is 1. The maximum absolute atomic E-state index is 13.2. The van der Waals surface area contributed by atoms with Gasteiger partial charge in [-0.2, -0.15) is 0 Å². The second kappa shape index (κ2) is 8.59. The molecule has 2 N–H and O–H groups in total. The van der Waals surface area contributed by atoms with Crippen molar-refractivity contribution >= 4 is 28.9 Å². The summed E-state index contributed by atoms with van der Waals surface area (Å²) in [4.78, 5) is 26.3. The summed E-state index contributed by atoms with van der Waals surface area (Å²) in [6.45, 7) is 2.64. The number of hydrogen-bond acceptors (Lipinski definition) is 4. The molecule has 8 heteroatoms. The topological polar surface area (TPSA) is 70.7 Å². The first-order valence-corrected chi connectivity index (χ1v) is 8.49. The molecular formula is C19H19F2N3O3. The second-order valence-electron chi connectivity index (χ2n) is 6.02. The molecule has 0 atom stereocenters. The largest absolute Gasteiger partial charge is 0.378 e. The van der Waals surface area contributed by atoms with Crippen LogP contribution in [0.4, 0.5) is 25.8 Å². The Morgan fingerprint density at radius 1 is 0.963 bits per heavy atom. The molecule has 1 aliphatic rings. The van der Waals surface area contributed by atoms with Crippen molar-refractivity contribution in [1.29, 1.82) is 0 Å². The van der Waals surface area contributed by atoms with E-state index in [9.17, 15) is 18.4 Å². The highest BCUT2D eigenvalue weighted by Crippen LogP contribution is 2.26. The van der Waals surface area contributed by atoms with Crippen molar-refractivity contribution in [3.8, 4) is 0 Å². The average molecular weight is 375 g/mol. The molecule has 1 saturated heterocycles. The van der Waals surface area contributed by atoms with Gasteiger partial charge in [-0.1, -0.05) is 12.1 Å². The van der Waals surface area contributed by atoms with Gasteiger partial charge in [0.05, 0.1) is 24.6 Å². The summed E-state index contributed by atoms with van der Waals surface area (Å²) in [5, 5.41) is 5.10. The van der Waals surface area contributed by atoms with E-state index in [1.54, 1.807) is 12.1 Å². The number of ether oxygens (including phenoxy) is 1. The Kier molecular flexibility index (Phi) is 5.97. The average Bonchev–Trinajstić information content (AvgIpc) is 2.66. The van der Waals surface area contributed by atoms with Crippen molar-refractivity contribution in [1.82, 2.24) is 0 Å². The lowest BCUT2D eigenvalue weighted by Gasteiger charge is -2.30. The number of rotatable bonds is 5. The first kappa shape index (κ1) is 18.8. The number of halogens is 2. The quantitative estimate of drug-likeness (QED) is 0.789. The van der Waals surface area contributed by atoms with Gasteiger partial charge in [0.1, 0.15) is 6.42 Å². The van der Waals surface area contributed by atoms with Crippen LogP contribution >= 0.6 is 0 Å². The first-order chi connectivity index (χ1) is 13.0. The van der Waals surface area contributed by atoms with Gasteiger partial charge in [0.2, 0.25) is 11.8 Å². The van der Waals surface area contributed by atoms with E-state index in [1.807, 2.05) is 12.1 Å². The van der Waals surface area contributed by atoms with Gasteiger partial charge in [0.15, 0.2) is 11.6 Å². The third-order valence-electron chi connectivity index (χ3n) is 4.05. The van der Waals surface area contributed by atoms with E-state index < -0.39 is 29.9 Å². The smallest absolute Gasteiger partial charge is 0.233 e. The molecule has 1 heterocycles. The Morgan fingerprint density at radius 3 is 2.41 bits per heavy atom. The van der Waals surface area contributed by atoms with E-state index in [0.29, 0.717) is 32.0 Å². The lowest BCUT2D eigenvalue weighted by molar-refractivity contribution is -0.123. The van der Waals surface area contributed by atoms with Crippen LogP contribution in [0.3, 0.4) is 0 Å². The maximum atomic E-state index is 13.2. The van der Waals surface area contributed by atoms with Gasteiger partial charge in [0, 0.05) is 24.8 Å². The maximum Gasteiger partial charge on any atom is 0.233 e. The Labute approximate surface area is 155 Å². The molecule has 27 heavy (non-hydrogen) atoms. The third-order valence-corrected chi connectivity index (χ3v) is 4.05. The number of anilines is 3. The minimum atomic E-state index is -1.07. The van der Waals surface area contributed by atoms with Gasteiger partial charge in [-0.15, -0.1) is 0 Å². The van der Waals surface area contributed by atoms with Crippen LogP contribution in [0.2, 0.25) is 0 Å². The number of carbonyl (C=O) groups excluding carboxylic acids is 2. The predicted octanol–water partition coefficient (Wildman–Crippen LogP) is 2.77. The highest BCUT2D eigenvalue weighted by molar-refractivity contribution is 6.08. The van der Waals surface area contributed by atoms with Gasteiger partial charge in [-0.25, -0.2) is 8.78 Å². The van der Waals surface area contributed by atoms with E-state index in [4.69, 9.17) is 4.74 Å². The van der Waals surface area contributed by atoms with Gasteiger partial charge in [-0.05, 0) is 24.3 Å². The summed E-state index contributed by atoms with van der Waals surface area (Å²) in [5.41, 5.74) is 1.54. The molecule has 1 aliphatic heterocycles. The molecule has 2 amide bonds. The van der Waals surface area contributed by atoms with Gasteiger partial charge in [0.25, 0.3) is 0 Å². The van der Waals surface area contributed by atoms with E-state index >= 15 is 0 Å². The van der Waals surface area contributed by atoms with Crippen molar-refractivity contribution < 1.29 is 23.1 Å². The minimum absolute atomic E-state index is 0.0837.